The van der Waals surface area contributed by atoms with Crippen LogP contribution in [-0.2, 0) is 14.8 Å². The summed E-state index contributed by atoms with van der Waals surface area (Å²) in [6.07, 6.45) is 0. The number of benzene rings is 2. The van der Waals surface area contributed by atoms with Gasteiger partial charge in [0.2, 0.25) is 5.91 Å². The summed E-state index contributed by atoms with van der Waals surface area (Å²) in [6, 6.07) is 12.7. The lowest BCUT2D eigenvalue weighted by Gasteiger charge is -2.16. The van der Waals surface area contributed by atoms with Gasteiger partial charge in [0, 0.05) is 11.4 Å². The van der Waals surface area contributed by atoms with E-state index in [4.69, 9.17) is 5.73 Å². The molecule has 134 valence electrons. The fraction of sp³-hybridized carbons (Fsp3) is 0.278. The number of rotatable bonds is 6. The van der Waals surface area contributed by atoms with E-state index in [-0.39, 0.29) is 16.7 Å². The van der Waals surface area contributed by atoms with Gasteiger partial charge < -0.3 is 11.1 Å². The van der Waals surface area contributed by atoms with Crippen LogP contribution >= 0.6 is 0 Å². The smallest absolute Gasteiger partial charge is 0.262 e. The third-order valence-electron chi connectivity index (χ3n) is 3.79. The van der Waals surface area contributed by atoms with Crippen LogP contribution in [0.15, 0.2) is 53.4 Å². The van der Waals surface area contributed by atoms with Crippen LogP contribution in [0.4, 0.5) is 11.4 Å². The number of amides is 1. The number of hydrogen-bond acceptors (Lipinski definition) is 4. The normalized spacial score (nSPS) is 12.7. The first-order chi connectivity index (χ1) is 11.7. The molecule has 0 bridgehead atoms. The molecule has 0 aromatic heterocycles. The second kappa shape index (κ2) is 7.67. The molecule has 0 spiro atoms. The van der Waals surface area contributed by atoms with Crippen LogP contribution in [0.25, 0.3) is 0 Å². The van der Waals surface area contributed by atoms with Gasteiger partial charge in [-0.3, -0.25) is 9.52 Å². The quantitative estimate of drug-likeness (QED) is 0.736. The highest BCUT2D eigenvalue weighted by Gasteiger charge is 2.20. The van der Waals surface area contributed by atoms with Gasteiger partial charge in [-0.25, -0.2) is 8.42 Å². The third-order valence-corrected chi connectivity index (χ3v) is 5.32. The first-order valence-corrected chi connectivity index (χ1v) is 9.44. The van der Waals surface area contributed by atoms with Gasteiger partial charge in [0.15, 0.2) is 0 Å². The molecule has 6 nitrogen and oxygen atoms in total. The molecule has 0 aliphatic carbocycles. The molecule has 25 heavy (non-hydrogen) atoms. The fourth-order valence-corrected chi connectivity index (χ4v) is 3.54. The Hall–Kier alpha value is -2.38. The predicted octanol–water partition coefficient (Wildman–Crippen LogP) is 2.72. The minimum atomic E-state index is -3.77. The first kappa shape index (κ1) is 19.0. The molecule has 2 aromatic carbocycles. The van der Waals surface area contributed by atoms with Crippen molar-refractivity contribution in [1.29, 1.82) is 0 Å². The number of carbonyl (C=O) groups is 1. The Bertz CT molecular complexity index is 849. The molecule has 2 rings (SSSR count). The number of sulfonamides is 1. The summed E-state index contributed by atoms with van der Waals surface area (Å²) in [5.41, 5.74) is 7.26. The zero-order chi connectivity index (χ0) is 18.6. The Labute approximate surface area is 148 Å². The summed E-state index contributed by atoms with van der Waals surface area (Å²) in [7, 11) is -3.77. The lowest BCUT2D eigenvalue weighted by atomic mass is 10.0. The van der Waals surface area contributed by atoms with E-state index >= 15 is 0 Å². The van der Waals surface area contributed by atoms with Crippen LogP contribution in [-0.4, -0.2) is 20.4 Å². The summed E-state index contributed by atoms with van der Waals surface area (Å²) in [5.74, 6) is -0.369. The number of anilines is 2. The summed E-state index contributed by atoms with van der Waals surface area (Å²) < 4.78 is 27.8. The van der Waals surface area contributed by atoms with Crippen LogP contribution in [0, 0.1) is 12.8 Å². The molecule has 0 saturated carbocycles. The first-order valence-electron chi connectivity index (χ1n) is 7.95. The Kier molecular flexibility index (Phi) is 5.81. The van der Waals surface area contributed by atoms with E-state index in [1.54, 1.807) is 49.4 Å². The molecule has 0 aliphatic heterocycles. The van der Waals surface area contributed by atoms with Crippen molar-refractivity contribution in [2.24, 2.45) is 11.7 Å². The van der Waals surface area contributed by atoms with Crippen molar-refractivity contribution >= 4 is 27.3 Å². The van der Waals surface area contributed by atoms with Gasteiger partial charge in [-0.15, -0.1) is 0 Å². The van der Waals surface area contributed by atoms with Crippen LogP contribution in [0.3, 0.4) is 0 Å². The summed E-state index contributed by atoms with van der Waals surface area (Å²) >= 11 is 0. The minimum Gasteiger partial charge on any atom is -0.325 e. The summed E-state index contributed by atoms with van der Waals surface area (Å²) in [4.78, 5) is 12.2. The van der Waals surface area contributed by atoms with Crippen molar-refractivity contribution in [2.75, 3.05) is 10.0 Å². The van der Waals surface area contributed by atoms with Gasteiger partial charge in [-0.2, -0.15) is 0 Å². The van der Waals surface area contributed by atoms with E-state index in [1.165, 1.54) is 6.07 Å². The van der Waals surface area contributed by atoms with Crippen LogP contribution in [0.5, 0.6) is 0 Å². The molecule has 4 N–H and O–H groups in total. The molecule has 0 aliphatic rings. The average Bonchev–Trinajstić information content (AvgIpc) is 2.56. The maximum atomic E-state index is 12.7. The largest absolute Gasteiger partial charge is 0.325 e. The summed E-state index contributed by atoms with van der Waals surface area (Å²) in [6.45, 7) is 5.39. The van der Waals surface area contributed by atoms with Crippen molar-refractivity contribution in [3.63, 3.8) is 0 Å². The number of nitrogens with one attached hydrogen (secondary N) is 2. The second-order valence-electron chi connectivity index (χ2n) is 6.21. The Morgan fingerprint density at radius 2 is 1.68 bits per heavy atom. The van der Waals surface area contributed by atoms with Gasteiger partial charge in [-0.1, -0.05) is 38.1 Å². The minimum absolute atomic E-state index is 0.0200. The number of hydrogen-bond donors (Lipinski definition) is 3. The standard InChI is InChI=1S/C18H23N3O3S/c1-12(2)17(19)18(22)20-15-10-9-13(3)16(11-15)25(23,24)21-14-7-5-4-6-8-14/h4-12,17,21H,19H2,1-3H3,(H,20,22)/t17-/m0/s1. The average molecular weight is 361 g/mol. The Balaban J connectivity index is 2.28. The maximum Gasteiger partial charge on any atom is 0.262 e. The van der Waals surface area contributed by atoms with Crippen LogP contribution in [0.2, 0.25) is 0 Å². The third kappa shape index (κ3) is 4.80. The van der Waals surface area contributed by atoms with Crippen molar-refractivity contribution in [3.05, 3.63) is 54.1 Å². The molecule has 0 fully saturated rings. The molecular formula is C18H23N3O3S. The molecule has 1 amide bonds. The number of para-hydroxylation sites is 1. The SMILES string of the molecule is Cc1ccc(NC(=O)[C@@H](N)C(C)C)cc1S(=O)(=O)Nc1ccccc1. The number of carbonyl (C=O) groups excluding carboxylic acids is 1. The van der Waals surface area contributed by atoms with Gasteiger partial charge in [-0.05, 0) is 42.7 Å². The molecule has 7 heteroatoms. The molecule has 1 atom stereocenters. The second-order valence-corrected chi connectivity index (χ2v) is 7.86. The number of nitrogens with two attached hydrogens (primary N) is 1. The number of aryl methyl sites for hydroxylation is 1. The summed E-state index contributed by atoms with van der Waals surface area (Å²) in [5, 5.41) is 2.67. The molecule has 0 heterocycles. The monoisotopic (exact) mass is 361 g/mol. The van der Waals surface area contributed by atoms with Gasteiger partial charge in [0.05, 0.1) is 10.9 Å². The molecule has 0 saturated heterocycles. The van der Waals surface area contributed by atoms with Crippen LogP contribution < -0.4 is 15.8 Å². The lowest BCUT2D eigenvalue weighted by molar-refractivity contribution is -0.118. The highest BCUT2D eigenvalue weighted by Crippen LogP contribution is 2.23. The highest BCUT2D eigenvalue weighted by molar-refractivity contribution is 7.92. The molecular weight excluding hydrogens is 338 g/mol. The zero-order valence-electron chi connectivity index (χ0n) is 14.5. The molecule has 2 aromatic rings. The highest BCUT2D eigenvalue weighted by atomic mass is 32.2. The van der Waals surface area contributed by atoms with E-state index in [0.29, 0.717) is 16.9 Å². The maximum absolute atomic E-state index is 12.7. The fourth-order valence-electron chi connectivity index (χ4n) is 2.21. The van der Waals surface area contributed by atoms with E-state index in [9.17, 15) is 13.2 Å². The van der Waals surface area contributed by atoms with Gasteiger partial charge in [0.25, 0.3) is 10.0 Å². The Morgan fingerprint density at radius 3 is 2.28 bits per heavy atom. The molecule has 0 radical (unpaired) electrons. The van der Waals surface area contributed by atoms with Crippen molar-refractivity contribution < 1.29 is 13.2 Å². The van der Waals surface area contributed by atoms with Gasteiger partial charge in [0.1, 0.15) is 0 Å². The predicted molar refractivity (Wildman–Crippen MR) is 99.9 cm³/mol. The van der Waals surface area contributed by atoms with Crippen molar-refractivity contribution in [2.45, 2.75) is 31.7 Å². The van der Waals surface area contributed by atoms with E-state index in [1.807, 2.05) is 13.8 Å². The van der Waals surface area contributed by atoms with Crippen molar-refractivity contribution in [3.8, 4) is 0 Å². The van der Waals surface area contributed by atoms with E-state index < -0.39 is 16.1 Å². The topological polar surface area (TPSA) is 101 Å². The zero-order valence-corrected chi connectivity index (χ0v) is 15.3. The van der Waals surface area contributed by atoms with E-state index in [0.717, 1.165) is 0 Å². The Morgan fingerprint density at radius 1 is 1.04 bits per heavy atom. The van der Waals surface area contributed by atoms with Gasteiger partial charge >= 0.3 is 0 Å². The lowest BCUT2D eigenvalue weighted by Crippen LogP contribution is -2.39. The molecule has 0 unspecified atom stereocenters. The van der Waals surface area contributed by atoms with E-state index in [2.05, 4.69) is 10.0 Å². The van der Waals surface area contributed by atoms with Crippen LogP contribution in [0.1, 0.15) is 19.4 Å². The van der Waals surface area contributed by atoms with Crippen molar-refractivity contribution in [1.82, 2.24) is 0 Å².